The molecule has 1 spiro atoms. The summed E-state index contributed by atoms with van der Waals surface area (Å²) in [7, 11) is 0. The van der Waals surface area contributed by atoms with Crippen LogP contribution >= 0.6 is 0 Å². The van der Waals surface area contributed by atoms with Crippen molar-refractivity contribution in [3.05, 3.63) is 23.3 Å². The first-order chi connectivity index (χ1) is 14.1. The first kappa shape index (κ1) is 22.7. The lowest BCUT2D eigenvalue weighted by atomic mass is 9.59. The van der Waals surface area contributed by atoms with Crippen LogP contribution in [0.2, 0.25) is 0 Å². The second-order valence-electron chi connectivity index (χ2n) is 11.9. The molecule has 0 amide bonds. The monoisotopic (exact) mass is 432 g/mol. The van der Waals surface area contributed by atoms with E-state index in [0.29, 0.717) is 11.5 Å². The number of Topliss-reactive ketones (excluding diaryl/α,β-unsaturated/α-hetero) is 1. The summed E-state index contributed by atoms with van der Waals surface area (Å²) in [6.45, 7) is 12.9. The van der Waals surface area contributed by atoms with E-state index in [-0.39, 0.29) is 35.2 Å². The highest BCUT2D eigenvalue weighted by atomic mass is 16.5. The van der Waals surface area contributed by atoms with Gasteiger partial charge in [0.05, 0.1) is 10.8 Å². The number of rotatable bonds is 2. The molecule has 2 saturated carbocycles. The van der Waals surface area contributed by atoms with Gasteiger partial charge in [0.25, 0.3) is 0 Å². The topological polar surface area (TPSA) is 104 Å². The maximum Gasteiger partial charge on any atom is 0.311 e. The van der Waals surface area contributed by atoms with Gasteiger partial charge < -0.3 is 20.1 Å². The van der Waals surface area contributed by atoms with Crippen LogP contribution in [0, 0.1) is 39.9 Å². The Hall–Kier alpha value is -1.50. The zero-order valence-electron chi connectivity index (χ0n) is 19.6. The second-order valence-corrected chi connectivity index (χ2v) is 11.9. The van der Waals surface area contributed by atoms with Crippen LogP contribution < -0.4 is 0 Å². The van der Waals surface area contributed by atoms with Crippen LogP contribution in [0.5, 0.6) is 0 Å². The van der Waals surface area contributed by atoms with Crippen molar-refractivity contribution in [1.29, 1.82) is 0 Å². The quantitative estimate of drug-likeness (QED) is 0.457. The number of hydrogen-bond donors (Lipinski definition) is 3. The maximum absolute atomic E-state index is 14.1. The highest BCUT2D eigenvalue weighted by molar-refractivity contribution is 5.95. The van der Waals surface area contributed by atoms with Gasteiger partial charge in [0.15, 0.2) is 5.78 Å². The van der Waals surface area contributed by atoms with Crippen molar-refractivity contribution in [2.45, 2.75) is 72.7 Å². The van der Waals surface area contributed by atoms with Crippen LogP contribution in [0.25, 0.3) is 0 Å². The van der Waals surface area contributed by atoms with E-state index in [1.54, 1.807) is 39.8 Å². The summed E-state index contributed by atoms with van der Waals surface area (Å²) in [5.41, 5.74) is -3.44. The molecule has 6 heteroatoms. The fraction of sp³-hybridized carbons (Fsp3) is 0.760. The molecule has 172 valence electrons. The number of carbonyl (C=O) groups excluding carboxylic acids is 2. The predicted molar refractivity (Wildman–Crippen MR) is 115 cm³/mol. The zero-order valence-corrected chi connectivity index (χ0v) is 19.6. The first-order valence-electron chi connectivity index (χ1n) is 11.3. The summed E-state index contributed by atoms with van der Waals surface area (Å²) < 4.78 is 5.48. The van der Waals surface area contributed by atoms with Crippen LogP contribution in [0.15, 0.2) is 23.3 Å². The number of ketones is 1. The van der Waals surface area contributed by atoms with Crippen molar-refractivity contribution in [2.24, 2.45) is 39.9 Å². The Labute approximate surface area is 184 Å². The standard InChI is InChI=1S/C25H36O6/c1-12-10-24-13(2)8-16-17(23(16,6)7)15(20(24)28)9-14(11-31-21(29)22(3,4)5)19(27)25(24,30)18(12)26/h9-10,13,15-19,26-27,30H,8,11H2,1-7H3/t13?,15-,16+,17-,18-,19+,24-,25+/m0/s1. The Kier molecular flexibility index (Phi) is 4.77. The molecule has 0 aromatic rings. The number of aliphatic hydroxyl groups is 3. The molecular formula is C25H36O6. The third-order valence-electron chi connectivity index (χ3n) is 8.73. The van der Waals surface area contributed by atoms with Gasteiger partial charge in [-0.25, -0.2) is 0 Å². The van der Waals surface area contributed by atoms with Gasteiger partial charge in [0.1, 0.15) is 24.4 Å². The lowest BCUT2D eigenvalue weighted by Crippen LogP contribution is -2.65. The van der Waals surface area contributed by atoms with Crippen molar-refractivity contribution in [3.63, 3.8) is 0 Å². The van der Waals surface area contributed by atoms with Crippen LogP contribution in [-0.2, 0) is 14.3 Å². The molecule has 3 N–H and O–H groups in total. The van der Waals surface area contributed by atoms with Crippen molar-refractivity contribution >= 4 is 11.8 Å². The molecule has 0 heterocycles. The van der Waals surface area contributed by atoms with Gasteiger partial charge in [0.2, 0.25) is 0 Å². The number of carbonyl (C=O) groups is 2. The van der Waals surface area contributed by atoms with E-state index in [2.05, 4.69) is 13.8 Å². The lowest BCUT2D eigenvalue weighted by Gasteiger charge is -2.48. The van der Waals surface area contributed by atoms with Gasteiger partial charge in [0, 0.05) is 5.92 Å². The summed E-state index contributed by atoms with van der Waals surface area (Å²) in [6, 6.07) is 0. The van der Waals surface area contributed by atoms with Gasteiger partial charge in [-0.3, -0.25) is 9.59 Å². The van der Waals surface area contributed by atoms with Gasteiger partial charge in [-0.05, 0) is 68.4 Å². The second kappa shape index (κ2) is 6.52. The summed E-state index contributed by atoms with van der Waals surface area (Å²) in [4.78, 5) is 26.5. The molecule has 0 aliphatic heterocycles. The largest absolute Gasteiger partial charge is 0.461 e. The van der Waals surface area contributed by atoms with E-state index in [0.717, 1.165) is 6.42 Å². The Morgan fingerprint density at radius 2 is 1.84 bits per heavy atom. The molecule has 4 rings (SSSR count). The zero-order chi connectivity index (χ0) is 23.3. The third-order valence-corrected chi connectivity index (χ3v) is 8.73. The summed E-state index contributed by atoms with van der Waals surface area (Å²) in [5, 5.41) is 34.4. The Morgan fingerprint density at radius 1 is 1.23 bits per heavy atom. The van der Waals surface area contributed by atoms with E-state index in [1.807, 2.05) is 6.92 Å². The minimum absolute atomic E-state index is 0.0245. The number of allylic oxidation sites excluding steroid dienone is 1. The van der Waals surface area contributed by atoms with Gasteiger partial charge >= 0.3 is 5.97 Å². The van der Waals surface area contributed by atoms with Gasteiger partial charge in [-0.2, -0.15) is 0 Å². The highest BCUT2D eigenvalue weighted by Crippen LogP contribution is 2.71. The third kappa shape index (κ3) is 2.74. The number of hydrogen-bond acceptors (Lipinski definition) is 6. The number of aliphatic hydroxyl groups excluding tert-OH is 2. The van der Waals surface area contributed by atoms with E-state index >= 15 is 0 Å². The van der Waals surface area contributed by atoms with E-state index in [4.69, 9.17) is 4.74 Å². The van der Waals surface area contributed by atoms with E-state index < -0.39 is 40.5 Å². The molecule has 0 aromatic heterocycles. The molecule has 2 fully saturated rings. The first-order valence-corrected chi connectivity index (χ1v) is 11.3. The molecule has 4 aliphatic rings. The minimum atomic E-state index is -2.09. The van der Waals surface area contributed by atoms with Crippen molar-refractivity contribution in [2.75, 3.05) is 6.61 Å². The minimum Gasteiger partial charge on any atom is -0.461 e. The molecule has 4 aliphatic carbocycles. The van der Waals surface area contributed by atoms with Crippen molar-refractivity contribution in [3.8, 4) is 0 Å². The number of fused-ring (bicyclic) bond motifs is 3. The molecular weight excluding hydrogens is 396 g/mol. The average molecular weight is 433 g/mol. The Balaban J connectivity index is 1.84. The van der Waals surface area contributed by atoms with Crippen LogP contribution in [-0.4, -0.2) is 51.5 Å². The van der Waals surface area contributed by atoms with E-state index in [9.17, 15) is 24.9 Å². The Bertz CT molecular complexity index is 892. The fourth-order valence-electron chi connectivity index (χ4n) is 6.78. The fourth-order valence-corrected chi connectivity index (χ4v) is 6.78. The Morgan fingerprint density at radius 3 is 2.42 bits per heavy atom. The normalized spacial score (nSPS) is 45.5. The highest BCUT2D eigenvalue weighted by Gasteiger charge is 2.75. The molecule has 1 unspecified atom stereocenters. The average Bonchev–Trinajstić information content (AvgIpc) is 3.16. The lowest BCUT2D eigenvalue weighted by molar-refractivity contribution is -0.190. The number of ether oxygens (including phenoxy) is 1. The predicted octanol–water partition coefficient (Wildman–Crippen LogP) is 2.41. The SMILES string of the molecule is CC1=C[C@]23C(=O)[C@@H](C=C(COC(=O)C(C)(C)C)[C@@H](O)[C@]2(O)[C@H]1O)[C@H]1[C@@H](CC3C)C1(C)C. The van der Waals surface area contributed by atoms with Crippen molar-refractivity contribution < 1.29 is 29.6 Å². The molecule has 6 nitrogen and oxygen atoms in total. The van der Waals surface area contributed by atoms with Crippen molar-refractivity contribution in [1.82, 2.24) is 0 Å². The van der Waals surface area contributed by atoms with E-state index in [1.165, 1.54) is 0 Å². The molecule has 8 atom stereocenters. The summed E-state index contributed by atoms with van der Waals surface area (Å²) in [5.74, 6) is -0.931. The molecule has 0 saturated heterocycles. The summed E-state index contributed by atoms with van der Waals surface area (Å²) >= 11 is 0. The number of esters is 1. The van der Waals surface area contributed by atoms with Gasteiger partial charge in [-0.15, -0.1) is 0 Å². The smallest absolute Gasteiger partial charge is 0.311 e. The molecule has 31 heavy (non-hydrogen) atoms. The van der Waals surface area contributed by atoms with Gasteiger partial charge in [-0.1, -0.05) is 32.9 Å². The molecule has 2 bridgehead atoms. The van der Waals surface area contributed by atoms with Crippen LogP contribution in [0.3, 0.4) is 0 Å². The van der Waals surface area contributed by atoms with Crippen LogP contribution in [0.1, 0.15) is 54.9 Å². The summed E-state index contributed by atoms with van der Waals surface area (Å²) in [6.07, 6.45) is 1.27. The molecule has 0 radical (unpaired) electrons. The molecule has 0 aromatic carbocycles. The van der Waals surface area contributed by atoms with Crippen LogP contribution in [0.4, 0.5) is 0 Å². The maximum atomic E-state index is 14.1.